The summed E-state index contributed by atoms with van der Waals surface area (Å²) < 4.78 is 39.0. The fourth-order valence-electron chi connectivity index (χ4n) is 3.08. The normalized spacial score (nSPS) is 11.6. The number of nitrogens with one attached hydrogen (secondary N) is 1. The van der Waals surface area contributed by atoms with Gasteiger partial charge in [-0.05, 0) is 31.2 Å². The van der Waals surface area contributed by atoms with Crippen LogP contribution < -0.4 is 5.32 Å². The minimum absolute atomic E-state index is 0.304. The summed E-state index contributed by atoms with van der Waals surface area (Å²) in [4.78, 5) is 0. The fraction of sp³-hybridized carbons (Fsp3) is 0.0909. The molecule has 0 spiro atoms. The topological polar surface area (TPSA) is 37.8 Å². The second-order valence-electron chi connectivity index (χ2n) is 6.52. The van der Waals surface area contributed by atoms with Gasteiger partial charge in [-0.1, -0.05) is 54.1 Å². The van der Waals surface area contributed by atoms with Crippen molar-refractivity contribution >= 4 is 22.3 Å². The van der Waals surface area contributed by atoms with Gasteiger partial charge in [-0.25, -0.2) is 0 Å². The van der Waals surface area contributed by atoms with Gasteiger partial charge in [0.05, 0.1) is 5.56 Å². The van der Waals surface area contributed by atoms with Gasteiger partial charge in [0.25, 0.3) is 0 Å². The van der Waals surface area contributed by atoms with Gasteiger partial charge in [0.2, 0.25) is 0 Å². The van der Waals surface area contributed by atoms with Crippen LogP contribution in [0.25, 0.3) is 22.0 Å². The summed E-state index contributed by atoms with van der Waals surface area (Å²) in [7, 11) is 0. The summed E-state index contributed by atoms with van der Waals surface area (Å²) >= 11 is 0. The molecule has 3 aromatic carbocycles. The summed E-state index contributed by atoms with van der Waals surface area (Å²) in [6, 6.07) is 20.6. The summed E-state index contributed by atoms with van der Waals surface area (Å²) in [5.41, 5.74) is 2.30. The van der Waals surface area contributed by atoms with Crippen LogP contribution in [-0.2, 0) is 6.18 Å². The average Bonchev–Trinajstić information content (AvgIpc) is 2.68. The Labute approximate surface area is 159 Å². The summed E-state index contributed by atoms with van der Waals surface area (Å²) in [5, 5.41) is 13.3. The Kier molecular flexibility index (Phi) is 4.47. The van der Waals surface area contributed by atoms with E-state index in [1.54, 1.807) is 6.07 Å². The smallest absolute Gasteiger partial charge is 0.338 e. The number of halogens is 3. The molecule has 0 bridgehead atoms. The molecule has 0 fully saturated rings. The maximum absolute atomic E-state index is 13.0. The minimum Gasteiger partial charge on any atom is -0.338 e. The van der Waals surface area contributed by atoms with Crippen LogP contribution in [0.15, 0.2) is 72.8 Å². The standard InChI is InChI=1S/C22H16F3N3/c1-14-10-11-18-19(12-14)20(15-6-3-2-4-7-15)27-28-21(18)26-17-9-5-8-16(13-17)22(23,24)25/h2-13H,1H3,(H,26,28). The van der Waals surface area contributed by atoms with Crippen LogP contribution in [0.1, 0.15) is 11.1 Å². The number of fused-ring (bicyclic) bond motifs is 1. The van der Waals surface area contributed by atoms with Crippen molar-refractivity contribution in [1.29, 1.82) is 0 Å². The van der Waals surface area contributed by atoms with Crippen molar-refractivity contribution in [2.24, 2.45) is 0 Å². The third-order valence-electron chi connectivity index (χ3n) is 4.44. The second kappa shape index (κ2) is 6.96. The molecular weight excluding hydrogens is 363 g/mol. The van der Waals surface area contributed by atoms with E-state index in [1.165, 1.54) is 6.07 Å². The number of aromatic nitrogens is 2. The van der Waals surface area contributed by atoms with Crippen LogP contribution in [0, 0.1) is 6.92 Å². The molecule has 28 heavy (non-hydrogen) atoms. The Balaban J connectivity index is 1.82. The van der Waals surface area contributed by atoms with Crippen molar-refractivity contribution < 1.29 is 13.2 Å². The third kappa shape index (κ3) is 3.53. The second-order valence-corrected chi connectivity index (χ2v) is 6.52. The van der Waals surface area contributed by atoms with Crippen molar-refractivity contribution in [3.05, 3.63) is 83.9 Å². The number of anilines is 2. The molecule has 4 aromatic rings. The number of hydrogen-bond acceptors (Lipinski definition) is 3. The molecule has 140 valence electrons. The predicted octanol–water partition coefficient (Wildman–Crippen LogP) is 6.37. The molecule has 1 heterocycles. The highest BCUT2D eigenvalue weighted by Gasteiger charge is 2.30. The van der Waals surface area contributed by atoms with Gasteiger partial charge in [0, 0.05) is 22.0 Å². The quantitative estimate of drug-likeness (QED) is 0.450. The third-order valence-corrected chi connectivity index (χ3v) is 4.44. The number of nitrogens with zero attached hydrogens (tertiary/aromatic N) is 2. The number of aryl methyl sites for hydroxylation is 1. The van der Waals surface area contributed by atoms with E-state index in [2.05, 4.69) is 15.5 Å². The lowest BCUT2D eigenvalue weighted by atomic mass is 10.0. The van der Waals surface area contributed by atoms with Crippen LogP contribution >= 0.6 is 0 Å². The van der Waals surface area contributed by atoms with E-state index in [-0.39, 0.29) is 0 Å². The van der Waals surface area contributed by atoms with Crippen LogP contribution in [-0.4, -0.2) is 10.2 Å². The molecule has 0 radical (unpaired) electrons. The zero-order valence-electron chi connectivity index (χ0n) is 15.0. The minimum atomic E-state index is -4.40. The van der Waals surface area contributed by atoms with E-state index >= 15 is 0 Å². The molecule has 0 saturated heterocycles. The van der Waals surface area contributed by atoms with Gasteiger partial charge >= 0.3 is 6.18 Å². The first-order valence-electron chi connectivity index (χ1n) is 8.68. The van der Waals surface area contributed by atoms with E-state index in [4.69, 9.17) is 0 Å². The van der Waals surface area contributed by atoms with Crippen LogP contribution in [0.4, 0.5) is 24.7 Å². The Bertz CT molecular complexity index is 1140. The molecule has 6 heteroatoms. The van der Waals surface area contributed by atoms with Crippen molar-refractivity contribution in [3.63, 3.8) is 0 Å². The van der Waals surface area contributed by atoms with Crippen LogP contribution in [0.2, 0.25) is 0 Å². The number of alkyl halides is 3. The highest BCUT2D eigenvalue weighted by molar-refractivity contribution is 6.01. The molecule has 0 atom stereocenters. The first-order valence-corrected chi connectivity index (χ1v) is 8.68. The molecular formula is C22H16F3N3. The maximum Gasteiger partial charge on any atom is 0.416 e. The Morgan fingerprint density at radius 2 is 1.57 bits per heavy atom. The van der Waals surface area contributed by atoms with E-state index in [1.807, 2.05) is 55.5 Å². The largest absolute Gasteiger partial charge is 0.416 e. The molecule has 0 aliphatic rings. The Morgan fingerprint density at radius 1 is 0.786 bits per heavy atom. The van der Waals surface area contributed by atoms with Crippen LogP contribution in [0.5, 0.6) is 0 Å². The Morgan fingerprint density at radius 3 is 2.32 bits per heavy atom. The predicted molar refractivity (Wildman–Crippen MR) is 104 cm³/mol. The number of rotatable bonds is 3. The fourth-order valence-corrected chi connectivity index (χ4v) is 3.08. The Hall–Kier alpha value is -3.41. The number of hydrogen-bond donors (Lipinski definition) is 1. The highest BCUT2D eigenvalue weighted by atomic mass is 19.4. The van der Waals surface area contributed by atoms with E-state index < -0.39 is 11.7 Å². The molecule has 0 saturated carbocycles. The molecule has 1 N–H and O–H groups in total. The molecule has 3 nitrogen and oxygen atoms in total. The maximum atomic E-state index is 13.0. The van der Waals surface area contributed by atoms with Gasteiger partial charge in [0.1, 0.15) is 5.69 Å². The lowest BCUT2D eigenvalue weighted by Gasteiger charge is -2.13. The van der Waals surface area contributed by atoms with Crippen LogP contribution in [0.3, 0.4) is 0 Å². The zero-order valence-corrected chi connectivity index (χ0v) is 15.0. The summed E-state index contributed by atoms with van der Waals surface area (Å²) in [6.07, 6.45) is -4.40. The molecule has 0 aliphatic heterocycles. The van der Waals surface area contributed by atoms with Gasteiger partial charge in [-0.3, -0.25) is 0 Å². The first-order chi connectivity index (χ1) is 13.4. The van der Waals surface area contributed by atoms with E-state index in [0.29, 0.717) is 11.5 Å². The van der Waals surface area contributed by atoms with Crippen molar-refractivity contribution in [2.45, 2.75) is 13.1 Å². The van der Waals surface area contributed by atoms with Gasteiger partial charge < -0.3 is 5.32 Å². The van der Waals surface area contributed by atoms with Crippen molar-refractivity contribution in [2.75, 3.05) is 5.32 Å². The van der Waals surface area contributed by atoms with E-state index in [9.17, 15) is 13.2 Å². The lowest BCUT2D eigenvalue weighted by Crippen LogP contribution is -2.06. The molecule has 0 amide bonds. The number of benzene rings is 3. The molecule has 0 aliphatic carbocycles. The van der Waals surface area contributed by atoms with Gasteiger partial charge in [0.15, 0.2) is 5.82 Å². The summed E-state index contributed by atoms with van der Waals surface area (Å²) in [5.74, 6) is 0.411. The summed E-state index contributed by atoms with van der Waals surface area (Å²) in [6.45, 7) is 1.98. The molecule has 4 rings (SSSR count). The van der Waals surface area contributed by atoms with Crippen molar-refractivity contribution in [1.82, 2.24) is 10.2 Å². The highest BCUT2D eigenvalue weighted by Crippen LogP contribution is 2.34. The van der Waals surface area contributed by atoms with E-state index in [0.717, 1.165) is 39.7 Å². The first kappa shape index (κ1) is 18.0. The lowest BCUT2D eigenvalue weighted by molar-refractivity contribution is -0.137. The monoisotopic (exact) mass is 379 g/mol. The molecule has 0 unspecified atom stereocenters. The van der Waals surface area contributed by atoms with Gasteiger partial charge in [-0.2, -0.15) is 13.2 Å². The SMILES string of the molecule is Cc1ccc2c(Nc3cccc(C(F)(F)F)c3)nnc(-c3ccccc3)c2c1. The zero-order chi connectivity index (χ0) is 19.7. The molecule has 1 aromatic heterocycles. The average molecular weight is 379 g/mol. The van der Waals surface area contributed by atoms with Gasteiger partial charge in [-0.15, -0.1) is 10.2 Å². The van der Waals surface area contributed by atoms with Crippen molar-refractivity contribution in [3.8, 4) is 11.3 Å².